The van der Waals surface area contributed by atoms with Crippen LogP contribution in [0.4, 0.5) is 0 Å². The lowest BCUT2D eigenvalue weighted by atomic mass is 10.1. The van der Waals surface area contributed by atoms with Gasteiger partial charge in [0, 0.05) is 17.1 Å². The minimum atomic E-state index is -3.00. The molecule has 98 valence electrons. The first-order valence-corrected chi connectivity index (χ1v) is 8.17. The molecule has 1 aromatic heterocycles. The molecule has 1 atom stereocenters. The normalized spacial score (nSPS) is 20.8. The van der Waals surface area contributed by atoms with E-state index in [1.165, 1.54) is 11.3 Å². The molecule has 4 nitrogen and oxygen atoms in total. The van der Waals surface area contributed by atoms with Gasteiger partial charge >= 0.3 is 0 Å². The zero-order chi connectivity index (χ0) is 11.4. The number of nitrogens with one attached hydrogen (secondary N) is 1. The first-order valence-electron chi connectivity index (χ1n) is 5.47. The number of thiazole rings is 1. The molecular formula is C10H17ClN2O2S2. The Labute approximate surface area is 112 Å². The molecule has 1 N–H and O–H groups in total. The molecule has 1 fully saturated rings. The van der Waals surface area contributed by atoms with Crippen LogP contribution in [0.1, 0.15) is 24.1 Å². The summed E-state index contributed by atoms with van der Waals surface area (Å²) in [5.41, 5.74) is 1.67. The summed E-state index contributed by atoms with van der Waals surface area (Å²) in [5, 5.41) is 3.26. The Balaban J connectivity index is 0.00000144. The van der Waals surface area contributed by atoms with E-state index in [0.29, 0.717) is 0 Å². The zero-order valence-corrected chi connectivity index (χ0v) is 11.9. The molecular weight excluding hydrogens is 280 g/mol. The standard InChI is InChI=1S/C10H16N2O2S2.ClH/c13-16(14,7-10-5-11-8-15-10)6-9-3-1-2-4-12-9;/h5,8-9,12H,1-4,6-7H2;1H. The molecule has 0 aromatic carbocycles. The van der Waals surface area contributed by atoms with E-state index in [0.717, 1.165) is 30.7 Å². The Bertz CT molecular complexity index is 414. The smallest absolute Gasteiger partial charge is 0.156 e. The molecule has 0 amide bonds. The number of hydrogen-bond acceptors (Lipinski definition) is 5. The highest BCUT2D eigenvalue weighted by Gasteiger charge is 2.21. The van der Waals surface area contributed by atoms with Gasteiger partial charge in [0.25, 0.3) is 0 Å². The highest BCUT2D eigenvalue weighted by molar-refractivity contribution is 7.90. The molecule has 0 spiro atoms. The lowest BCUT2D eigenvalue weighted by Crippen LogP contribution is -2.39. The molecule has 7 heteroatoms. The molecule has 17 heavy (non-hydrogen) atoms. The third-order valence-electron chi connectivity index (χ3n) is 2.71. The van der Waals surface area contributed by atoms with Gasteiger partial charge < -0.3 is 5.32 Å². The SMILES string of the molecule is Cl.O=S(=O)(Cc1cncs1)CC1CCCCN1. The van der Waals surface area contributed by atoms with Crippen LogP contribution in [0.5, 0.6) is 0 Å². The Morgan fingerprint density at radius 2 is 2.29 bits per heavy atom. The summed E-state index contributed by atoms with van der Waals surface area (Å²) in [6, 6.07) is 0.145. The third-order valence-corrected chi connectivity index (χ3v) is 5.34. The average molecular weight is 297 g/mol. The Morgan fingerprint density at radius 1 is 1.47 bits per heavy atom. The lowest BCUT2D eigenvalue weighted by Gasteiger charge is -2.22. The lowest BCUT2D eigenvalue weighted by molar-refractivity contribution is 0.423. The van der Waals surface area contributed by atoms with Gasteiger partial charge in [0.1, 0.15) is 0 Å². The summed E-state index contributed by atoms with van der Waals surface area (Å²) in [6.45, 7) is 0.945. The van der Waals surface area contributed by atoms with Crippen LogP contribution in [0.2, 0.25) is 0 Å². The molecule has 0 aliphatic carbocycles. The van der Waals surface area contributed by atoms with Crippen molar-refractivity contribution >= 4 is 33.6 Å². The van der Waals surface area contributed by atoms with Crippen LogP contribution in [0.15, 0.2) is 11.7 Å². The molecule has 1 aromatic rings. The van der Waals surface area contributed by atoms with Crippen molar-refractivity contribution in [2.45, 2.75) is 31.1 Å². The van der Waals surface area contributed by atoms with Crippen molar-refractivity contribution in [2.24, 2.45) is 0 Å². The monoisotopic (exact) mass is 296 g/mol. The van der Waals surface area contributed by atoms with Gasteiger partial charge in [-0.3, -0.25) is 4.98 Å². The topological polar surface area (TPSA) is 59.1 Å². The summed E-state index contributed by atoms with van der Waals surface area (Å²) >= 11 is 1.40. The maximum absolute atomic E-state index is 11.9. The van der Waals surface area contributed by atoms with Gasteiger partial charge in [-0.15, -0.1) is 23.7 Å². The van der Waals surface area contributed by atoms with Gasteiger partial charge in [0.2, 0.25) is 0 Å². The number of nitrogens with zero attached hydrogens (tertiary/aromatic N) is 1. The fourth-order valence-electron chi connectivity index (χ4n) is 1.96. The van der Waals surface area contributed by atoms with E-state index in [1.54, 1.807) is 11.7 Å². The van der Waals surface area contributed by atoms with Crippen LogP contribution in [-0.4, -0.2) is 31.7 Å². The van der Waals surface area contributed by atoms with E-state index >= 15 is 0 Å². The van der Waals surface area contributed by atoms with E-state index in [-0.39, 0.29) is 30.0 Å². The van der Waals surface area contributed by atoms with Crippen LogP contribution in [-0.2, 0) is 15.6 Å². The van der Waals surface area contributed by atoms with Crippen molar-refractivity contribution < 1.29 is 8.42 Å². The van der Waals surface area contributed by atoms with E-state index in [9.17, 15) is 8.42 Å². The quantitative estimate of drug-likeness (QED) is 0.917. The molecule has 2 rings (SSSR count). The largest absolute Gasteiger partial charge is 0.313 e. The molecule has 1 saturated heterocycles. The zero-order valence-electron chi connectivity index (χ0n) is 9.46. The molecule has 2 heterocycles. The minimum absolute atomic E-state index is 0. The average Bonchev–Trinajstić information content (AvgIpc) is 2.70. The van der Waals surface area contributed by atoms with Crippen LogP contribution >= 0.6 is 23.7 Å². The van der Waals surface area contributed by atoms with Crippen LogP contribution in [0.3, 0.4) is 0 Å². The van der Waals surface area contributed by atoms with E-state index < -0.39 is 9.84 Å². The van der Waals surface area contributed by atoms with E-state index in [1.807, 2.05) is 0 Å². The van der Waals surface area contributed by atoms with Crippen molar-refractivity contribution in [3.8, 4) is 0 Å². The van der Waals surface area contributed by atoms with Gasteiger partial charge in [0.15, 0.2) is 9.84 Å². The summed E-state index contributed by atoms with van der Waals surface area (Å²) in [6.07, 6.45) is 4.90. The Hall–Kier alpha value is -0.170. The second-order valence-corrected chi connectivity index (χ2v) is 7.25. The first-order chi connectivity index (χ1) is 7.66. The summed E-state index contributed by atoms with van der Waals surface area (Å²) < 4.78 is 23.8. The third kappa shape index (κ3) is 4.91. The Morgan fingerprint density at radius 3 is 2.88 bits per heavy atom. The van der Waals surface area contributed by atoms with Crippen molar-refractivity contribution in [2.75, 3.05) is 12.3 Å². The van der Waals surface area contributed by atoms with Crippen molar-refractivity contribution in [1.29, 1.82) is 0 Å². The van der Waals surface area contributed by atoms with Gasteiger partial charge in [-0.1, -0.05) is 6.42 Å². The minimum Gasteiger partial charge on any atom is -0.313 e. The molecule has 0 bridgehead atoms. The van der Waals surface area contributed by atoms with Crippen molar-refractivity contribution in [1.82, 2.24) is 10.3 Å². The first kappa shape index (κ1) is 14.9. The summed E-state index contributed by atoms with van der Waals surface area (Å²) in [4.78, 5) is 4.72. The molecule has 1 aliphatic rings. The van der Waals surface area contributed by atoms with Crippen LogP contribution in [0.25, 0.3) is 0 Å². The van der Waals surface area contributed by atoms with Gasteiger partial charge in [-0.2, -0.15) is 0 Å². The second kappa shape index (κ2) is 6.68. The maximum atomic E-state index is 11.9. The molecule has 0 saturated carbocycles. The Kier molecular flexibility index (Phi) is 5.85. The number of sulfone groups is 1. The second-order valence-electron chi connectivity index (χ2n) is 4.17. The van der Waals surface area contributed by atoms with Crippen LogP contribution in [0, 0.1) is 0 Å². The highest BCUT2D eigenvalue weighted by Crippen LogP contribution is 2.14. The number of halogens is 1. The highest BCUT2D eigenvalue weighted by atomic mass is 35.5. The summed E-state index contributed by atoms with van der Waals surface area (Å²) in [5.74, 6) is 0.390. The van der Waals surface area contributed by atoms with Gasteiger partial charge in [-0.25, -0.2) is 8.42 Å². The number of aromatic nitrogens is 1. The van der Waals surface area contributed by atoms with Crippen molar-refractivity contribution in [3.63, 3.8) is 0 Å². The molecule has 1 unspecified atom stereocenters. The fraction of sp³-hybridized carbons (Fsp3) is 0.700. The van der Waals surface area contributed by atoms with Gasteiger partial charge in [-0.05, 0) is 19.4 Å². The number of hydrogen-bond donors (Lipinski definition) is 1. The van der Waals surface area contributed by atoms with E-state index in [4.69, 9.17) is 0 Å². The number of piperidine rings is 1. The molecule has 1 aliphatic heterocycles. The maximum Gasteiger partial charge on any atom is 0.156 e. The number of rotatable bonds is 4. The molecule has 0 radical (unpaired) electrons. The van der Waals surface area contributed by atoms with Gasteiger partial charge in [0.05, 0.1) is 17.0 Å². The van der Waals surface area contributed by atoms with Crippen LogP contribution < -0.4 is 5.32 Å². The predicted octanol–water partition coefficient (Wildman–Crippen LogP) is 1.62. The predicted molar refractivity (Wildman–Crippen MR) is 72.5 cm³/mol. The van der Waals surface area contributed by atoms with Crippen molar-refractivity contribution in [3.05, 3.63) is 16.6 Å². The summed E-state index contributed by atoms with van der Waals surface area (Å²) in [7, 11) is -3.00. The fourth-order valence-corrected chi connectivity index (χ4v) is 4.67. The van der Waals surface area contributed by atoms with E-state index in [2.05, 4.69) is 10.3 Å².